The Bertz CT molecular complexity index is 389. The van der Waals surface area contributed by atoms with E-state index in [1.807, 2.05) is 4.90 Å². The van der Waals surface area contributed by atoms with Crippen molar-refractivity contribution in [1.29, 1.82) is 0 Å². The van der Waals surface area contributed by atoms with Gasteiger partial charge in [-0.25, -0.2) is 0 Å². The highest BCUT2D eigenvalue weighted by Crippen LogP contribution is 2.17. The minimum Gasteiger partial charge on any atom is -0.348 e. The molecule has 0 atom stereocenters. The third kappa shape index (κ3) is 2.15. The van der Waals surface area contributed by atoms with Gasteiger partial charge in [0.05, 0.1) is 5.69 Å². The van der Waals surface area contributed by atoms with Gasteiger partial charge in [-0.2, -0.15) is 0 Å². The smallest absolute Gasteiger partial charge is 0.270 e. The van der Waals surface area contributed by atoms with Gasteiger partial charge in [-0.15, -0.1) is 0 Å². The largest absolute Gasteiger partial charge is 0.348 e. The molecule has 1 aromatic rings. The SMILES string of the molecule is CC1CCN(C(=O)c2ccc(C=O)[nH]2)CC1. The van der Waals surface area contributed by atoms with Crippen LogP contribution in [0.25, 0.3) is 0 Å². The van der Waals surface area contributed by atoms with Crippen molar-refractivity contribution in [3.05, 3.63) is 23.5 Å². The molecule has 1 N–H and O–H groups in total. The van der Waals surface area contributed by atoms with Crippen molar-refractivity contribution in [2.24, 2.45) is 5.92 Å². The third-order valence-corrected chi connectivity index (χ3v) is 3.14. The zero-order valence-electron chi connectivity index (χ0n) is 9.40. The number of aldehydes is 1. The molecule has 2 heterocycles. The highest BCUT2D eigenvalue weighted by Gasteiger charge is 2.22. The third-order valence-electron chi connectivity index (χ3n) is 3.14. The Morgan fingerprint density at radius 1 is 1.44 bits per heavy atom. The molecule has 1 aliphatic rings. The van der Waals surface area contributed by atoms with Crippen molar-refractivity contribution in [3.8, 4) is 0 Å². The molecule has 1 saturated heterocycles. The fourth-order valence-electron chi connectivity index (χ4n) is 1.99. The molecule has 86 valence electrons. The summed E-state index contributed by atoms with van der Waals surface area (Å²) in [5.74, 6) is 0.707. The summed E-state index contributed by atoms with van der Waals surface area (Å²) in [5, 5.41) is 0. The monoisotopic (exact) mass is 220 g/mol. The normalized spacial score (nSPS) is 17.4. The lowest BCUT2D eigenvalue weighted by molar-refractivity contribution is 0.0692. The molecular weight excluding hydrogens is 204 g/mol. The van der Waals surface area contributed by atoms with Crippen molar-refractivity contribution < 1.29 is 9.59 Å². The van der Waals surface area contributed by atoms with Gasteiger partial charge in [0, 0.05) is 13.1 Å². The molecule has 1 amide bonds. The average molecular weight is 220 g/mol. The van der Waals surface area contributed by atoms with E-state index in [4.69, 9.17) is 0 Å². The van der Waals surface area contributed by atoms with Crippen molar-refractivity contribution >= 4 is 12.2 Å². The van der Waals surface area contributed by atoms with E-state index in [2.05, 4.69) is 11.9 Å². The second-order valence-electron chi connectivity index (χ2n) is 4.42. The lowest BCUT2D eigenvalue weighted by Crippen LogP contribution is -2.38. The number of rotatable bonds is 2. The molecule has 0 radical (unpaired) electrons. The average Bonchev–Trinajstić information content (AvgIpc) is 2.77. The van der Waals surface area contributed by atoms with Gasteiger partial charge in [-0.3, -0.25) is 9.59 Å². The Kier molecular flexibility index (Phi) is 3.08. The molecule has 0 aliphatic carbocycles. The summed E-state index contributed by atoms with van der Waals surface area (Å²) < 4.78 is 0. The van der Waals surface area contributed by atoms with Crippen molar-refractivity contribution in [1.82, 2.24) is 9.88 Å². The topological polar surface area (TPSA) is 53.2 Å². The summed E-state index contributed by atoms with van der Waals surface area (Å²) in [4.78, 5) is 27.2. The molecule has 1 aromatic heterocycles. The molecule has 1 fully saturated rings. The van der Waals surface area contributed by atoms with Crippen LogP contribution < -0.4 is 0 Å². The summed E-state index contributed by atoms with van der Waals surface area (Å²) in [6, 6.07) is 3.30. The second kappa shape index (κ2) is 4.51. The van der Waals surface area contributed by atoms with Crippen LogP contribution in [-0.2, 0) is 0 Å². The van der Waals surface area contributed by atoms with E-state index < -0.39 is 0 Å². The number of amides is 1. The predicted molar refractivity (Wildman–Crippen MR) is 60.5 cm³/mol. The molecule has 0 saturated carbocycles. The summed E-state index contributed by atoms with van der Waals surface area (Å²) in [7, 11) is 0. The zero-order valence-corrected chi connectivity index (χ0v) is 9.40. The number of H-pyrrole nitrogens is 1. The molecular formula is C12H16N2O2. The van der Waals surface area contributed by atoms with Gasteiger partial charge >= 0.3 is 0 Å². The summed E-state index contributed by atoms with van der Waals surface area (Å²) in [6.45, 7) is 3.84. The highest BCUT2D eigenvalue weighted by molar-refractivity contribution is 5.93. The standard InChI is InChI=1S/C12H16N2O2/c1-9-4-6-14(7-5-9)12(16)11-3-2-10(8-15)13-11/h2-3,8-9,13H,4-7H2,1H3. The van der Waals surface area contributed by atoms with E-state index >= 15 is 0 Å². The molecule has 0 spiro atoms. The Balaban J connectivity index is 2.04. The maximum Gasteiger partial charge on any atom is 0.270 e. The maximum atomic E-state index is 12.0. The summed E-state index contributed by atoms with van der Waals surface area (Å²) in [6.07, 6.45) is 2.84. The van der Waals surface area contributed by atoms with Crippen LogP contribution in [0.1, 0.15) is 40.7 Å². The van der Waals surface area contributed by atoms with Gasteiger partial charge in [0.25, 0.3) is 5.91 Å². The van der Waals surface area contributed by atoms with Crippen LogP contribution in [-0.4, -0.2) is 35.2 Å². The van der Waals surface area contributed by atoms with Crippen LogP contribution in [0.4, 0.5) is 0 Å². The Labute approximate surface area is 94.6 Å². The summed E-state index contributed by atoms with van der Waals surface area (Å²) in [5.41, 5.74) is 0.963. The van der Waals surface area contributed by atoms with Crippen molar-refractivity contribution in [2.75, 3.05) is 13.1 Å². The fourth-order valence-corrected chi connectivity index (χ4v) is 1.99. The number of aromatic amines is 1. The summed E-state index contributed by atoms with van der Waals surface area (Å²) >= 11 is 0. The minimum absolute atomic E-state index is 0.000000000000000444. The second-order valence-corrected chi connectivity index (χ2v) is 4.42. The van der Waals surface area contributed by atoms with Crippen LogP contribution >= 0.6 is 0 Å². The Hall–Kier alpha value is -1.58. The predicted octanol–water partition coefficient (Wildman–Crippen LogP) is 1.70. The van der Waals surface area contributed by atoms with E-state index in [0.717, 1.165) is 32.2 Å². The molecule has 4 nitrogen and oxygen atoms in total. The van der Waals surface area contributed by atoms with Gasteiger partial charge in [0.1, 0.15) is 5.69 Å². The molecule has 2 rings (SSSR count). The van der Waals surface area contributed by atoms with E-state index in [0.29, 0.717) is 17.3 Å². The number of likely N-dealkylation sites (tertiary alicyclic amines) is 1. The Morgan fingerprint density at radius 2 is 2.12 bits per heavy atom. The number of hydrogen-bond donors (Lipinski definition) is 1. The molecule has 1 aliphatic heterocycles. The number of piperidine rings is 1. The van der Waals surface area contributed by atoms with E-state index in [-0.39, 0.29) is 5.91 Å². The number of hydrogen-bond acceptors (Lipinski definition) is 2. The molecule has 0 bridgehead atoms. The number of aromatic nitrogens is 1. The minimum atomic E-state index is 0.000000000000000444. The molecule has 0 unspecified atom stereocenters. The Morgan fingerprint density at radius 3 is 2.69 bits per heavy atom. The van der Waals surface area contributed by atoms with E-state index in [1.54, 1.807) is 12.1 Å². The van der Waals surface area contributed by atoms with Crippen LogP contribution in [0.5, 0.6) is 0 Å². The van der Waals surface area contributed by atoms with Crippen LogP contribution in [0.3, 0.4) is 0 Å². The van der Waals surface area contributed by atoms with Crippen LogP contribution in [0, 0.1) is 5.92 Å². The van der Waals surface area contributed by atoms with Gasteiger partial charge in [-0.05, 0) is 30.9 Å². The maximum absolute atomic E-state index is 12.0. The lowest BCUT2D eigenvalue weighted by Gasteiger charge is -2.29. The molecule has 4 heteroatoms. The first-order valence-corrected chi connectivity index (χ1v) is 5.64. The molecule has 16 heavy (non-hydrogen) atoms. The van der Waals surface area contributed by atoms with Crippen LogP contribution in [0.15, 0.2) is 12.1 Å². The van der Waals surface area contributed by atoms with E-state index in [1.165, 1.54) is 0 Å². The number of carbonyl (C=O) groups is 2. The zero-order chi connectivity index (χ0) is 11.5. The first kappa shape index (κ1) is 10.9. The highest BCUT2D eigenvalue weighted by atomic mass is 16.2. The number of nitrogens with zero attached hydrogens (tertiary/aromatic N) is 1. The first-order valence-electron chi connectivity index (χ1n) is 5.64. The lowest BCUT2D eigenvalue weighted by atomic mass is 9.99. The first-order chi connectivity index (χ1) is 7.70. The van der Waals surface area contributed by atoms with Crippen molar-refractivity contribution in [2.45, 2.75) is 19.8 Å². The van der Waals surface area contributed by atoms with Gasteiger partial charge in [0.2, 0.25) is 0 Å². The van der Waals surface area contributed by atoms with Gasteiger partial charge in [0.15, 0.2) is 6.29 Å². The quantitative estimate of drug-likeness (QED) is 0.771. The number of nitrogens with one attached hydrogen (secondary N) is 1. The van der Waals surface area contributed by atoms with E-state index in [9.17, 15) is 9.59 Å². The van der Waals surface area contributed by atoms with Crippen molar-refractivity contribution in [3.63, 3.8) is 0 Å². The number of carbonyl (C=O) groups excluding carboxylic acids is 2. The van der Waals surface area contributed by atoms with Gasteiger partial charge < -0.3 is 9.88 Å². The molecule has 0 aromatic carbocycles. The van der Waals surface area contributed by atoms with Gasteiger partial charge in [-0.1, -0.05) is 6.92 Å². The van der Waals surface area contributed by atoms with Crippen LogP contribution in [0.2, 0.25) is 0 Å². The fraction of sp³-hybridized carbons (Fsp3) is 0.500.